The minimum atomic E-state index is -1.11. The van der Waals surface area contributed by atoms with E-state index in [1.54, 1.807) is 0 Å². The minimum absolute atomic E-state index is 0.0330. The lowest BCUT2D eigenvalue weighted by Crippen LogP contribution is -2.19. The van der Waals surface area contributed by atoms with E-state index in [0.717, 1.165) is 25.0 Å². The normalized spacial score (nSPS) is 16.8. The fourth-order valence-electron chi connectivity index (χ4n) is 2.83. The van der Waals surface area contributed by atoms with E-state index >= 15 is 0 Å². The number of nitrogens with zero attached hydrogens (tertiary/aromatic N) is 3. The molecule has 1 amide bonds. The van der Waals surface area contributed by atoms with E-state index in [0.29, 0.717) is 11.0 Å². The third kappa shape index (κ3) is 3.42. The van der Waals surface area contributed by atoms with Crippen molar-refractivity contribution in [2.24, 2.45) is 0 Å². The van der Waals surface area contributed by atoms with Crippen LogP contribution in [-0.4, -0.2) is 31.7 Å². The second kappa shape index (κ2) is 6.49. The molecule has 0 spiro atoms. The summed E-state index contributed by atoms with van der Waals surface area (Å²) in [5.74, 6) is -0.878. The number of carboxylic acid groups (broad SMARTS) is 1. The zero-order valence-corrected chi connectivity index (χ0v) is 13.6. The Morgan fingerprint density at radius 1 is 1.52 bits per heavy atom. The van der Waals surface area contributed by atoms with Crippen LogP contribution in [0.3, 0.4) is 0 Å². The average molecular weight is 334 g/mol. The van der Waals surface area contributed by atoms with Crippen molar-refractivity contribution in [1.82, 2.24) is 14.8 Å². The fourth-order valence-corrected chi connectivity index (χ4v) is 3.93. The third-order valence-corrected chi connectivity index (χ3v) is 5.02. The van der Waals surface area contributed by atoms with Crippen molar-refractivity contribution in [3.8, 4) is 0 Å². The summed E-state index contributed by atoms with van der Waals surface area (Å²) in [7, 11) is 0. The van der Waals surface area contributed by atoms with Crippen LogP contribution in [0.1, 0.15) is 53.2 Å². The quantitative estimate of drug-likeness (QED) is 0.875. The number of anilines is 1. The predicted molar refractivity (Wildman–Crippen MR) is 85.9 cm³/mol. The molecular formula is C15H18N4O3S. The maximum absolute atomic E-state index is 12.1. The van der Waals surface area contributed by atoms with E-state index in [-0.39, 0.29) is 18.1 Å². The zero-order chi connectivity index (χ0) is 16.4. The molecule has 0 aliphatic heterocycles. The number of aromatic nitrogens is 3. The number of fused-ring (bicyclic) bond motifs is 1. The molecule has 0 saturated heterocycles. The standard InChI is InChI=1S/C15H18N4O3S/c1-2-9-4-3-5-11-13(9)17-15(23-11)16-12(20)8-19-7-6-10(18-19)14(21)22/h6-7,9H,2-5,8H2,1H3,(H,21,22)(H,16,17,20). The van der Waals surface area contributed by atoms with Gasteiger partial charge in [0.05, 0.1) is 5.69 Å². The maximum Gasteiger partial charge on any atom is 0.356 e. The molecule has 2 aromatic rings. The van der Waals surface area contributed by atoms with Gasteiger partial charge in [0.15, 0.2) is 10.8 Å². The van der Waals surface area contributed by atoms with Crippen molar-refractivity contribution in [1.29, 1.82) is 0 Å². The lowest BCUT2D eigenvalue weighted by atomic mass is 9.89. The fraction of sp³-hybridized carbons (Fsp3) is 0.467. The van der Waals surface area contributed by atoms with E-state index in [1.165, 1.54) is 39.6 Å². The van der Waals surface area contributed by atoms with Crippen LogP contribution in [-0.2, 0) is 17.8 Å². The molecule has 1 atom stereocenters. The Hall–Kier alpha value is -2.22. The number of carbonyl (C=O) groups is 2. The largest absolute Gasteiger partial charge is 0.476 e. The molecule has 1 unspecified atom stereocenters. The molecule has 1 aliphatic rings. The van der Waals surface area contributed by atoms with Crippen molar-refractivity contribution in [2.75, 3.05) is 5.32 Å². The molecular weight excluding hydrogens is 316 g/mol. The summed E-state index contributed by atoms with van der Waals surface area (Å²) in [4.78, 5) is 28.7. The number of hydrogen-bond donors (Lipinski definition) is 2. The Morgan fingerprint density at radius 2 is 2.35 bits per heavy atom. The van der Waals surface area contributed by atoms with Crippen LogP contribution in [0.2, 0.25) is 0 Å². The van der Waals surface area contributed by atoms with E-state index in [4.69, 9.17) is 5.11 Å². The zero-order valence-electron chi connectivity index (χ0n) is 12.8. The third-order valence-electron chi connectivity index (χ3n) is 3.98. The molecule has 0 aromatic carbocycles. The molecule has 23 heavy (non-hydrogen) atoms. The van der Waals surface area contributed by atoms with Gasteiger partial charge in [-0.3, -0.25) is 9.48 Å². The van der Waals surface area contributed by atoms with Crippen molar-refractivity contribution >= 4 is 28.3 Å². The summed E-state index contributed by atoms with van der Waals surface area (Å²) in [6.07, 6.45) is 5.90. The highest BCUT2D eigenvalue weighted by Crippen LogP contribution is 2.38. The first kappa shape index (κ1) is 15.7. The van der Waals surface area contributed by atoms with E-state index in [9.17, 15) is 9.59 Å². The number of thiazole rings is 1. The van der Waals surface area contributed by atoms with Gasteiger partial charge in [-0.25, -0.2) is 9.78 Å². The average Bonchev–Trinajstić information content (AvgIpc) is 3.12. The molecule has 2 heterocycles. The maximum atomic E-state index is 12.1. The number of aryl methyl sites for hydroxylation is 1. The van der Waals surface area contributed by atoms with Crippen molar-refractivity contribution in [3.63, 3.8) is 0 Å². The van der Waals surface area contributed by atoms with Crippen LogP contribution in [0.5, 0.6) is 0 Å². The molecule has 3 rings (SSSR count). The molecule has 0 fully saturated rings. The monoisotopic (exact) mass is 334 g/mol. The van der Waals surface area contributed by atoms with Gasteiger partial charge in [-0.05, 0) is 31.7 Å². The van der Waals surface area contributed by atoms with Gasteiger partial charge in [0.25, 0.3) is 0 Å². The Labute approximate surface area is 137 Å². The van der Waals surface area contributed by atoms with Gasteiger partial charge < -0.3 is 10.4 Å². The first-order valence-electron chi connectivity index (χ1n) is 7.63. The highest BCUT2D eigenvalue weighted by Gasteiger charge is 2.24. The molecule has 0 saturated carbocycles. The second-order valence-corrected chi connectivity index (χ2v) is 6.66. The van der Waals surface area contributed by atoms with Crippen LogP contribution in [0, 0.1) is 0 Å². The molecule has 7 nitrogen and oxygen atoms in total. The van der Waals surface area contributed by atoms with Gasteiger partial charge in [-0.1, -0.05) is 6.92 Å². The number of amides is 1. The van der Waals surface area contributed by atoms with Gasteiger partial charge in [0, 0.05) is 17.0 Å². The summed E-state index contributed by atoms with van der Waals surface area (Å²) >= 11 is 1.54. The molecule has 2 N–H and O–H groups in total. The Bertz CT molecular complexity index is 737. The van der Waals surface area contributed by atoms with E-state index < -0.39 is 5.97 Å². The molecule has 0 radical (unpaired) electrons. The summed E-state index contributed by atoms with van der Waals surface area (Å²) in [5, 5.41) is 16.1. The van der Waals surface area contributed by atoms with Crippen LogP contribution in [0.4, 0.5) is 5.13 Å². The van der Waals surface area contributed by atoms with Crippen LogP contribution in [0.15, 0.2) is 12.3 Å². The van der Waals surface area contributed by atoms with Gasteiger partial charge in [-0.2, -0.15) is 5.10 Å². The van der Waals surface area contributed by atoms with Crippen molar-refractivity contribution < 1.29 is 14.7 Å². The Morgan fingerprint density at radius 3 is 3.04 bits per heavy atom. The second-order valence-electron chi connectivity index (χ2n) is 5.58. The molecule has 8 heteroatoms. The van der Waals surface area contributed by atoms with Gasteiger partial charge in [-0.15, -0.1) is 11.3 Å². The SMILES string of the molecule is CCC1CCCc2sc(NC(=O)Cn3ccc(C(=O)O)n3)nc21. The van der Waals surface area contributed by atoms with Crippen LogP contribution in [0.25, 0.3) is 0 Å². The highest BCUT2D eigenvalue weighted by atomic mass is 32.1. The summed E-state index contributed by atoms with van der Waals surface area (Å²) in [5.41, 5.74) is 1.06. The van der Waals surface area contributed by atoms with Crippen LogP contribution < -0.4 is 5.32 Å². The van der Waals surface area contributed by atoms with Crippen LogP contribution >= 0.6 is 11.3 Å². The van der Waals surface area contributed by atoms with Gasteiger partial charge in [0.2, 0.25) is 5.91 Å². The van der Waals surface area contributed by atoms with Crippen molar-refractivity contribution in [2.45, 2.75) is 45.1 Å². The lowest BCUT2D eigenvalue weighted by molar-refractivity contribution is -0.116. The number of carboxylic acids is 1. The molecule has 122 valence electrons. The number of hydrogen-bond acceptors (Lipinski definition) is 5. The van der Waals surface area contributed by atoms with E-state index in [2.05, 4.69) is 22.3 Å². The number of carbonyl (C=O) groups excluding carboxylic acids is 1. The van der Waals surface area contributed by atoms with Gasteiger partial charge in [0.1, 0.15) is 6.54 Å². The van der Waals surface area contributed by atoms with Crippen molar-refractivity contribution in [3.05, 3.63) is 28.5 Å². The number of nitrogens with one attached hydrogen (secondary N) is 1. The first-order chi connectivity index (χ1) is 11.1. The molecule has 0 bridgehead atoms. The lowest BCUT2D eigenvalue weighted by Gasteiger charge is -2.18. The molecule has 2 aromatic heterocycles. The van der Waals surface area contributed by atoms with Gasteiger partial charge >= 0.3 is 5.97 Å². The number of rotatable bonds is 5. The van der Waals surface area contributed by atoms with E-state index in [1.807, 2.05) is 0 Å². The molecule has 1 aliphatic carbocycles. The Balaban J connectivity index is 1.66. The minimum Gasteiger partial charge on any atom is -0.476 e. The first-order valence-corrected chi connectivity index (χ1v) is 8.44. The number of aromatic carboxylic acids is 1. The highest BCUT2D eigenvalue weighted by molar-refractivity contribution is 7.15. The summed E-state index contributed by atoms with van der Waals surface area (Å²) in [6, 6.07) is 1.36. The smallest absolute Gasteiger partial charge is 0.356 e. The Kier molecular flexibility index (Phi) is 4.42. The predicted octanol–water partition coefficient (Wildman–Crippen LogP) is 2.51. The summed E-state index contributed by atoms with van der Waals surface area (Å²) in [6.45, 7) is 2.13. The topological polar surface area (TPSA) is 97.1 Å². The summed E-state index contributed by atoms with van der Waals surface area (Å²) < 4.78 is 1.31.